The number of carbonyl (C=O) groups is 2. The quantitative estimate of drug-likeness (QED) is 0.696. The van der Waals surface area contributed by atoms with Crippen molar-refractivity contribution in [1.82, 2.24) is 14.5 Å². The molecule has 0 unspecified atom stereocenters. The minimum Gasteiger partial charge on any atom is -0.353 e. The zero-order chi connectivity index (χ0) is 22.7. The normalized spacial score (nSPS) is 22.5. The molecule has 176 valence electrons. The highest BCUT2D eigenvalue weighted by molar-refractivity contribution is 7.89. The lowest BCUT2D eigenvalue weighted by Gasteiger charge is -2.27. The molecule has 3 heterocycles. The van der Waals surface area contributed by atoms with E-state index < -0.39 is 16.1 Å². The van der Waals surface area contributed by atoms with Gasteiger partial charge in [-0.15, -0.1) is 0 Å². The number of fused-ring (bicyclic) bond motifs is 1. The Kier molecular flexibility index (Phi) is 7.17. The molecule has 3 aliphatic heterocycles. The van der Waals surface area contributed by atoms with Crippen LogP contribution in [-0.4, -0.2) is 74.7 Å². The zero-order valence-electron chi connectivity index (χ0n) is 18.9. The molecule has 9 heteroatoms. The van der Waals surface area contributed by atoms with Crippen LogP contribution in [-0.2, 0) is 26.0 Å². The number of nitrogens with one attached hydrogen (secondary N) is 1. The smallest absolute Gasteiger partial charge is 0.243 e. The van der Waals surface area contributed by atoms with Gasteiger partial charge in [0.05, 0.1) is 4.90 Å². The first kappa shape index (κ1) is 23.2. The number of anilines is 1. The van der Waals surface area contributed by atoms with Crippen molar-refractivity contribution in [3.05, 3.63) is 23.8 Å². The van der Waals surface area contributed by atoms with Gasteiger partial charge in [-0.25, -0.2) is 8.42 Å². The Hall–Kier alpha value is -1.97. The Morgan fingerprint density at radius 2 is 1.66 bits per heavy atom. The van der Waals surface area contributed by atoms with Crippen LogP contribution in [0.15, 0.2) is 23.1 Å². The molecule has 3 aliphatic rings. The fourth-order valence-electron chi connectivity index (χ4n) is 5.08. The number of amides is 2. The summed E-state index contributed by atoms with van der Waals surface area (Å²) in [6.45, 7) is 6.02. The summed E-state index contributed by atoms with van der Waals surface area (Å²) < 4.78 is 27.7. The number of carbonyl (C=O) groups excluding carboxylic acids is 2. The van der Waals surface area contributed by atoms with Gasteiger partial charge in [-0.3, -0.25) is 14.5 Å². The van der Waals surface area contributed by atoms with Gasteiger partial charge in [0, 0.05) is 45.2 Å². The molecule has 2 amide bonds. The molecule has 1 aromatic rings. The molecule has 0 bridgehead atoms. The number of likely N-dealkylation sites (tertiary alicyclic amines) is 1. The lowest BCUT2D eigenvalue weighted by atomic mass is 10.1. The third-order valence-corrected chi connectivity index (χ3v) is 8.70. The maximum Gasteiger partial charge on any atom is 0.243 e. The van der Waals surface area contributed by atoms with Crippen LogP contribution in [0.3, 0.4) is 0 Å². The van der Waals surface area contributed by atoms with E-state index in [1.54, 1.807) is 22.5 Å². The second kappa shape index (κ2) is 9.89. The second-order valence-corrected chi connectivity index (χ2v) is 11.0. The molecule has 2 fully saturated rings. The molecule has 1 atom stereocenters. The first-order chi connectivity index (χ1) is 15.4. The van der Waals surface area contributed by atoms with Crippen molar-refractivity contribution in [2.75, 3.05) is 44.2 Å². The van der Waals surface area contributed by atoms with E-state index in [9.17, 15) is 18.0 Å². The summed E-state index contributed by atoms with van der Waals surface area (Å²) in [5.41, 5.74) is 1.36. The van der Waals surface area contributed by atoms with Crippen LogP contribution in [0.5, 0.6) is 0 Å². The summed E-state index contributed by atoms with van der Waals surface area (Å²) in [6.07, 6.45) is 6.81. The summed E-state index contributed by atoms with van der Waals surface area (Å²) >= 11 is 0. The molecule has 32 heavy (non-hydrogen) atoms. The molecule has 0 saturated carbocycles. The van der Waals surface area contributed by atoms with Gasteiger partial charge in [0.1, 0.15) is 6.04 Å². The summed E-state index contributed by atoms with van der Waals surface area (Å²) in [5.74, 6) is -0.402. The van der Waals surface area contributed by atoms with E-state index in [4.69, 9.17) is 0 Å². The van der Waals surface area contributed by atoms with Crippen molar-refractivity contribution in [2.45, 2.75) is 62.8 Å². The fraction of sp³-hybridized carbons (Fsp3) is 0.652. The van der Waals surface area contributed by atoms with E-state index in [2.05, 4.69) is 10.2 Å². The van der Waals surface area contributed by atoms with Crippen LogP contribution in [0, 0.1) is 0 Å². The van der Waals surface area contributed by atoms with Crippen LogP contribution in [0.4, 0.5) is 5.69 Å². The molecular weight excluding hydrogens is 428 g/mol. The molecule has 4 rings (SSSR count). The minimum absolute atomic E-state index is 0.186. The first-order valence-electron chi connectivity index (χ1n) is 11.8. The number of sulfonamides is 1. The largest absolute Gasteiger partial charge is 0.353 e. The predicted octanol–water partition coefficient (Wildman–Crippen LogP) is 1.74. The van der Waals surface area contributed by atoms with Gasteiger partial charge in [0.15, 0.2) is 0 Å². The van der Waals surface area contributed by atoms with Gasteiger partial charge in [-0.1, -0.05) is 12.8 Å². The highest BCUT2D eigenvalue weighted by Crippen LogP contribution is 2.35. The summed E-state index contributed by atoms with van der Waals surface area (Å²) in [7, 11) is -3.56. The Labute approximate surface area is 191 Å². The zero-order valence-corrected chi connectivity index (χ0v) is 19.7. The Morgan fingerprint density at radius 1 is 1.00 bits per heavy atom. The van der Waals surface area contributed by atoms with E-state index in [-0.39, 0.29) is 16.7 Å². The highest BCUT2D eigenvalue weighted by atomic mass is 32.2. The lowest BCUT2D eigenvalue weighted by molar-refractivity contribution is -0.125. The summed E-state index contributed by atoms with van der Waals surface area (Å²) in [4.78, 5) is 29.4. The first-order valence-corrected chi connectivity index (χ1v) is 13.2. The Balaban J connectivity index is 1.46. The predicted molar refractivity (Wildman–Crippen MR) is 123 cm³/mol. The molecular formula is C23H34N4O4S. The average Bonchev–Trinajstić information content (AvgIpc) is 3.19. The van der Waals surface area contributed by atoms with Crippen molar-refractivity contribution >= 4 is 27.5 Å². The Morgan fingerprint density at radius 3 is 2.31 bits per heavy atom. The monoisotopic (exact) mass is 462 g/mol. The van der Waals surface area contributed by atoms with E-state index in [1.165, 1.54) is 31.1 Å². The molecule has 1 N–H and O–H groups in total. The molecule has 0 aliphatic carbocycles. The van der Waals surface area contributed by atoms with Crippen molar-refractivity contribution in [2.24, 2.45) is 0 Å². The molecule has 8 nitrogen and oxygen atoms in total. The van der Waals surface area contributed by atoms with Crippen LogP contribution in [0.1, 0.15) is 51.0 Å². The van der Waals surface area contributed by atoms with Crippen molar-refractivity contribution < 1.29 is 18.0 Å². The number of nitrogens with zero attached hydrogens (tertiary/aromatic N) is 3. The van der Waals surface area contributed by atoms with Crippen LogP contribution in [0.2, 0.25) is 0 Å². The van der Waals surface area contributed by atoms with Gasteiger partial charge >= 0.3 is 0 Å². The lowest BCUT2D eigenvalue weighted by Crippen LogP contribution is -2.49. The fourth-order valence-corrected chi connectivity index (χ4v) is 6.65. The molecule has 0 spiro atoms. The number of piperidine rings is 2. The number of hydrogen-bond donors (Lipinski definition) is 1. The van der Waals surface area contributed by atoms with Gasteiger partial charge in [0.25, 0.3) is 0 Å². The van der Waals surface area contributed by atoms with Gasteiger partial charge in [-0.2, -0.15) is 4.31 Å². The van der Waals surface area contributed by atoms with Gasteiger partial charge < -0.3 is 10.2 Å². The van der Waals surface area contributed by atoms with Crippen molar-refractivity contribution in [1.29, 1.82) is 0 Å². The third-order valence-electron chi connectivity index (χ3n) is 6.81. The van der Waals surface area contributed by atoms with Crippen molar-refractivity contribution in [3.63, 3.8) is 0 Å². The maximum atomic E-state index is 13.1. The van der Waals surface area contributed by atoms with E-state index in [0.717, 1.165) is 44.5 Å². The second-order valence-electron chi connectivity index (χ2n) is 9.06. The van der Waals surface area contributed by atoms with Crippen molar-refractivity contribution in [3.8, 4) is 0 Å². The van der Waals surface area contributed by atoms with E-state index in [1.807, 2.05) is 0 Å². The molecule has 2 saturated heterocycles. The van der Waals surface area contributed by atoms with Crippen LogP contribution < -0.4 is 10.2 Å². The third kappa shape index (κ3) is 4.84. The number of benzene rings is 1. The van der Waals surface area contributed by atoms with Gasteiger partial charge in [-0.05, 0) is 62.5 Å². The topological polar surface area (TPSA) is 90.0 Å². The molecule has 0 radical (unpaired) electrons. The highest BCUT2D eigenvalue weighted by Gasteiger charge is 2.38. The molecule has 1 aromatic carbocycles. The van der Waals surface area contributed by atoms with E-state index in [0.29, 0.717) is 31.7 Å². The number of hydrogen-bond acceptors (Lipinski definition) is 5. The maximum absolute atomic E-state index is 13.1. The Bertz CT molecular complexity index is 953. The molecule has 0 aromatic heterocycles. The number of rotatable bonds is 6. The standard InChI is InChI=1S/C23H34N4O4S/c1-18(28)27-21-9-8-20(32(30,31)26-13-6-3-7-14-26)16-19(21)17-22(27)23(29)24-10-15-25-11-4-2-5-12-25/h8-9,16,22H,2-7,10-15,17H2,1H3,(H,24,29)/t22-/m0/s1. The van der Waals surface area contributed by atoms with Crippen LogP contribution in [0.25, 0.3) is 0 Å². The summed E-state index contributed by atoms with van der Waals surface area (Å²) in [6, 6.07) is 4.25. The average molecular weight is 463 g/mol. The summed E-state index contributed by atoms with van der Waals surface area (Å²) in [5, 5.41) is 2.99. The SMILES string of the molecule is CC(=O)N1c2ccc(S(=O)(=O)N3CCCCC3)cc2C[C@H]1C(=O)NCCN1CCCCC1. The minimum atomic E-state index is -3.56. The van der Waals surface area contributed by atoms with Crippen LogP contribution >= 0.6 is 0 Å². The van der Waals surface area contributed by atoms with Gasteiger partial charge in [0.2, 0.25) is 21.8 Å². The van der Waals surface area contributed by atoms with E-state index >= 15 is 0 Å².